The van der Waals surface area contributed by atoms with E-state index in [1.807, 2.05) is 0 Å². The van der Waals surface area contributed by atoms with Crippen LogP contribution in [-0.4, -0.2) is 23.6 Å². The summed E-state index contributed by atoms with van der Waals surface area (Å²) in [4.78, 5) is 36.5. The minimum atomic E-state index is -0.546. The molecule has 0 saturated heterocycles. The standard InChI is InChI=1S/C21H30O4/c1-12(22)25-19-16-5-4-13-14-6-7-18(24)21(14,3)10-8-15(13)20(16,2)11-9-17(19)23/h13-16,19H,4-11H2,1-3H3/t13-,14-,15-,16?,19?,20+,21-/m0/s1. The maximum absolute atomic E-state index is 12.5. The molecule has 4 rings (SSSR count). The van der Waals surface area contributed by atoms with E-state index in [1.54, 1.807) is 0 Å². The third kappa shape index (κ3) is 2.35. The first-order valence-electron chi connectivity index (χ1n) is 10.0. The van der Waals surface area contributed by atoms with Gasteiger partial charge in [0, 0.05) is 31.1 Å². The van der Waals surface area contributed by atoms with Crippen LogP contribution in [0.3, 0.4) is 0 Å². The van der Waals surface area contributed by atoms with Crippen molar-refractivity contribution < 1.29 is 19.1 Å². The molecule has 4 nitrogen and oxygen atoms in total. The van der Waals surface area contributed by atoms with Crippen molar-refractivity contribution in [2.45, 2.75) is 78.2 Å². The van der Waals surface area contributed by atoms with Gasteiger partial charge in [0.05, 0.1) is 0 Å². The van der Waals surface area contributed by atoms with Crippen LogP contribution < -0.4 is 0 Å². The summed E-state index contributed by atoms with van der Waals surface area (Å²) in [7, 11) is 0. The van der Waals surface area contributed by atoms with Crippen molar-refractivity contribution in [1.29, 1.82) is 0 Å². The molecule has 0 bridgehead atoms. The summed E-state index contributed by atoms with van der Waals surface area (Å²) in [5.41, 5.74) is -0.0476. The number of hydrogen-bond acceptors (Lipinski definition) is 4. The van der Waals surface area contributed by atoms with Crippen molar-refractivity contribution in [2.24, 2.45) is 34.5 Å². The van der Waals surface area contributed by atoms with Crippen molar-refractivity contribution in [3.8, 4) is 0 Å². The van der Waals surface area contributed by atoms with Gasteiger partial charge in [-0.1, -0.05) is 13.8 Å². The molecule has 4 aliphatic carbocycles. The number of fused-ring (bicyclic) bond motifs is 5. The molecular formula is C21H30O4. The predicted molar refractivity (Wildman–Crippen MR) is 92.7 cm³/mol. The van der Waals surface area contributed by atoms with Crippen LogP contribution in [0.1, 0.15) is 72.1 Å². The molecular weight excluding hydrogens is 316 g/mol. The van der Waals surface area contributed by atoms with Crippen LogP contribution in [0.2, 0.25) is 0 Å². The predicted octanol–water partition coefficient (Wildman–Crippen LogP) is 3.71. The van der Waals surface area contributed by atoms with E-state index >= 15 is 0 Å². The smallest absolute Gasteiger partial charge is 0.303 e. The van der Waals surface area contributed by atoms with E-state index in [0.717, 1.165) is 44.9 Å². The number of ether oxygens (including phenoxy) is 1. The molecule has 0 radical (unpaired) electrons. The Morgan fingerprint density at radius 3 is 2.44 bits per heavy atom. The molecule has 4 fully saturated rings. The van der Waals surface area contributed by atoms with Gasteiger partial charge in [-0.2, -0.15) is 0 Å². The van der Waals surface area contributed by atoms with E-state index in [0.29, 0.717) is 30.0 Å². The molecule has 7 atom stereocenters. The Morgan fingerprint density at radius 2 is 1.72 bits per heavy atom. The molecule has 4 heteroatoms. The lowest BCUT2D eigenvalue weighted by atomic mass is 9.45. The van der Waals surface area contributed by atoms with E-state index in [-0.39, 0.29) is 28.5 Å². The average molecular weight is 346 g/mol. The first-order chi connectivity index (χ1) is 11.8. The summed E-state index contributed by atoms with van der Waals surface area (Å²) >= 11 is 0. The lowest BCUT2D eigenvalue weighted by molar-refractivity contribution is -0.179. The SMILES string of the molecule is CC(=O)OC1C(=O)CC[C@@]2(C)C1CC[C@@H]1[C@@H]2CC[C@]2(C)C(=O)CC[C@@H]12. The molecule has 0 aromatic heterocycles. The van der Waals surface area contributed by atoms with Gasteiger partial charge in [0.2, 0.25) is 0 Å². The van der Waals surface area contributed by atoms with Gasteiger partial charge in [-0.15, -0.1) is 0 Å². The van der Waals surface area contributed by atoms with Crippen LogP contribution in [0.5, 0.6) is 0 Å². The molecule has 0 amide bonds. The Morgan fingerprint density at radius 1 is 0.960 bits per heavy atom. The Balaban J connectivity index is 1.64. The highest BCUT2D eigenvalue weighted by Gasteiger charge is 2.62. The fourth-order valence-electron chi connectivity index (χ4n) is 7.21. The molecule has 0 heterocycles. The Bertz CT molecular complexity index is 625. The fourth-order valence-corrected chi connectivity index (χ4v) is 7.21. The first kappa shape index (κ1) is 17.2. The van der Waals surface area contributed by atoms with Gasteiger partial charge in [-0.25, -0.2) is 0 Å². The first-order valence-corrected chi connectivity index (χ1v) is 10.0. The molecule has 2 unspecified atom stereocenters. The van der Waals surface area contributed by atoms with Gasteiger partial charge in [0.25, 0.3) is 0 Å². The zero-order valence-electron chi connectivity index (χ0n) is 15.7. The summed E-state index contributed by atoms with van der Waals surface area (Å²) in [6.07, 6.45) is 6.77. The summed E-state index contributed by atoms with van der Waals surface area (Å²) in [5.74, 6) is 2.05. The molecule has 25 heavy (non-hydrogen) atoms. The molecule has 0 N–H and O–H groups in total. The lowest BCUT2D eigenvalue weighted by Crippen LogP contribution is -2.58. The number of rotatable bonds is 1. The second kappa shape index (κ2) is 5.65. The Labute approximate surface area is 150 Å². The number of carbonyl (C=O) groups is 3. The van der Waals surface area contributed by atoms with Crippen LogP contribution in [0.15, 0.2) is 0 Å². The van der Waals surface area contributed by atoms with Gasteiger partial charge in [-0.3, -0.25) is 14.4 Å². The zero-order valence-corrected chi connectivity index (χ0v) is 15.7. The third-order valence-electron chi connectivity index (χ3n) is 8.54. The summed E-state index contributed by atoms with van der Waals surface area (Å²) in [6, 6.07) is 0. The lowest BCUT2D eigenvalue weighted by Gasteiger charge is -2.60. The van der Waals surface area contributed by atoms with Gasteiger partial charge in [0.1, 0.15) is 5.78 Å². The van der Waals surface area contributed by atoms with Crippen LogP contribution in [0.25, 0.3) is 0 Å². The van der Waals surface area contributed by atoms with Crippen LogP contribution >= 0.6 is 0 Å². The van der Waals surface area contributed by atoms with Crippen molar-refractivity contribution in [3.63, 3.8) is 0 Å². The van der Waals surface area contributed by atoms with Gasteiger partial charge in [0.15, 0.2) is 11.9 Å². The van der Waals surface area contributed by atoms with Crippen molar-refractivity contribution in [2.75, 3.05) is 0 Å². The molecule has 0 spiro atoms. The minimum absolute atomic E-state index is 0.0594. The van der Waals surface area contributed by atoms with Crippen molar-refractivity contribution in [3.05, 3.63) is 0 Å². The average Bonchev–Trinajstić information content (AvgIpc) is 2.86. The van der Waals surface area contributed by atoms with E-state index in [9.17, 15) is 14.4 Å². The van der Waals surface area contributed by atoms with Crippen molar-refractivity contribution >= 4 is 17.5 Å². The summed E-state index contributed by atoms with van der Waals surface area (Å²) in [5, 5.41) is 0. The Hall–Kier alpha value is -1.19. The molecule has 4 saturated carbocycles. The highest BCUT2D eigenvalue weighted by Crippen LogP contribution is 2.65. The highest BCUT2D eigenvalue weighted by atomic mass is 16.5. The van der Waals surface area contributed by atoms with E-state index < -0.39 is 6.10 Å². The number of carbonyl (C=O) groups excluding carboxylic acids is 3. The topological polar surface area (TPSA) is 60.4 Å². The van der Waals surface area contributed by atoms with Crippen LogP contribution in [0.4, 0.5) is 0 Å². The molecule has 0 aromatic rings. The minimum Gasteiger partial charge on any atom is -0.454 e. The molecule has 138 valence electrons. The van der Waals surface area contributed by atoms with E-state index in [1.165, 1.54) is 6.92 Å². The fraction of sp³-hybridized carbons (Fsp3) is 0.857. The normalized spacial score (nSPS) is 49.2. The second-order valence-electron chi connectivity index (χ2n) is 9.48. The van der Waals surface area contributed by atoms with E-state index in [2.05, 4.69) is 13.8 Å². The number of Topliss-reactive ketones (excluding diaryl/α,β-unsaturated/α-hetero) is 2. The maximum Gasteiger partial charge on any atom is 0.303 e. The van der Waals surface area contributed by atoms with Gasteiger partial charge >= 0.3 is 5.97 Å². The molecule has 0 aromatic carbocycles. The van der Waals surface area contributed by atoms with Crippen LogP contribution in [-0.2, 0) is 19.1 Å². The van der Waals surface area contributed by atoms with E-state index in [4.69, 9.17) is 4.74 Å². The largest absolute Gasteiger partial charge is 0.454 e. The van der Waals surface area contributed by atoms with Crippen molar-refractivity contribution in [1.82, 2.24) is 0 Å². The summed E-state index contributed by atoms with van der Waals surface area (Å²) < 4.78 is 5.50. The summed E-state index contributed by atoms with van der Waals surface area (Å²) in [6.45, 7) is 5.93. The highest BCUT2D eigenvalue weighted by molar-refractivity contribution is 5.87. The van der Waals surface area contributed by atoms with Gasteiger partial charge < -0.3 is 4.74 Å². The molecule has 0 aliphatic heterocycles. The van der Waals surface area contributed by atoms with Crippen LogP contribution in [0, 0.1) is 34.5 Å². The second-order valence-corrected chi connectivity index (χ2v) is 9.48. The monoisotopic (exact) mass is 346 g/mol. The number of ketones is 2. The van der Waals surface area contributed by atoms with Gasteiger partial charge in [-0.05, 0) is 61.7 Å². The zero-order chi connectivity index (χ0) is 18.0. The molecule has 4 aliphatic rings. The number of hydrogen-bond donors (Lipinski definition) is 0. The third-order valence-corrected chi connectivity index (χ3v) is 8.54. The quantitative estimate of drug-likeness (QED) is 0.679. The maximum atomic E-state index is 12.5. The Kier molecular flexibility index (Phi) is 3.90. The number of esters is 1.